The van der Waals surface area contributed by atoms with Gasteiger partial charge in [-0.1, -0.05) is 17.7 Å². The molecule has 1 amide bonds. The van der Waals surface area contributed by atoms with E-state index in [9.17, 15) is 9.59 Å². The molecule has 0 saturated carbocycles. The maximum atomic E-state index is 12.0. The van der Waals surface area contributed by atoms with E-state index in [-0.39, 0.29) is 11.3 Å². The summed E-state index contributed by atoms with van der Waals surface area (Å²) in [6, 6.07) is 7.51. The highest BCUT2D eigenvalue weighted by molar-refractivity contribution is 6.31. The van der Waals surface area contributed by atoms with E-state index in [0.29, 0.717) is 10.7 Å². The van der Waals surface area contributed by atoms with Gasteiger partial charge in [-0.2, -0.15) is 0 Å². The van der Waals surface area contributed by atoms with Gasteiger partial charge in [-0.15, -0.1) is 0 Å². The van der Waals surface area contributed by atoms with Crippen molar-refractivity contribution in [3.05, 3.63) is 58.4 Å². The molecule has 102 valence electrons. The van der Waals surface area contributed by atoms with Crippen molar-refractivity contribution >= 4 is 29.2 Å². The number of amides is 1. The first-order chi connectivity index (χ1) is 9.47. The van der Waals surface area contributed by atoms with Gasteiger partial charge >= 0.3 is 5.97 Å². The maximum Gasteiger partial charge on any atom is 0.335 e. The average Bonchev–Trinajstić information content (AvgIpc) is 2.41. The second kappa shape index (κ2) is 5.71. The highest BCUT2D eigenvalue weighted by Crippen LogP contribution is 2.18. The third-order valence-electron chi connectivity index (χ3n) is 2.69. The molecule has 1 heterocycles. The summed E-state index contributed by atoms with van der Waals surface area (Å²) < 4.78 is 0. The number of pyridine rings is 1. The number of hydrogen-bond donors (Lipinski definition) is 2. The molecule has 5 nitrogen and oxygen atoms in total. The first kappa shape index (κ1) is 14.0. The summed E-state index contributed by atoms with van der Waals surface area (Å²) in [4.78, 5) is 26.9. The van der Waals surface area contributed by atoms with E-state index in [2.05, 4.69) is 10.3 Å². The molecule has 0 radical (unpaired) electrons. The Morgan fingerprint density at radius 2 is 2.00 bits per heavy atom. The number of nitrogens with zero attached hydrogens (tertiary/aromatic N) is 1. The summed E-state index contributed by atoms with van der Waals surface area (Å²) in [5.41, 5.74) is 1.45. The van der Waals surface area contributed by atoms with E-state index in [1.165, 1.54) is 24.4 Å². The molecule has 0 saturated heterocycles. The number of carboxylic acids is 1. The summed E-state index contributed by atoms with van der Waals surface area (Å²) in [7, 11) is 0. The molecule has 6 heteroatoms. The SMILES string of the molecule is Cc1ccc(C(=O)O)cc1NC(=O)c1cc(Cl)ccn1. The number of rotatable bonds is 3. The van der Waals surface area contributed by atoms with E-state index in [1.54, 1.807) is 19.1 Å². The van der Waals surface area contributed by atoms with Crippen molar-refractivity contribution in [2.75, 3.05) is 5.32 Å². The molecule has 0 atom stereocenters. The molecule has 2 N–H and O–H groups in total. The Hall–Kier alpha value is -2.40. The number of carbonyl (C=O) groups excluding carboxylic acids is 1. The van der Waals surface area contributed by atoms with Crippen LogP contribution in [0.25, 0.3) is 0 Å². The number of nitrogens with one attached hydrogen (secondary N) is 1. The summed E-state index contributed by atoms with van der Waals surface area (Å²) in [6.45, 7) is 1.77. The summed E-state index contributed by atoms with van der Waals surface area (Å²) >= 11 is 5.79. The molecule has 0 unspecified atom stereocenters. The van der Waals surface area contributed by atoms with Crippen molar-refractivity contribution in [1.82, 2.24) is 4.98 Å². The van der Waals surface area contributed by atoms with Gasteiger partial charge in [0.25, 0.3) is 5.91 Å². The van der Waals surface area contributed by atoms with Crippen LogP contribution in [-0.2, 0) is 0 Å². The van der Waals surface area contributed by atoms with Crippen LogP contribution in [0, 0.1) is 6.92 Å². The lowest BCUT2D eigenvalue weighted by atomic mass is 10.1. The monoisotopic (exact) mass is 290 g/mol. The van der Waals surface area contributed by atoms with Gasteiger partial charge in [0.15, 0.2) is 0 Å². The maximum absolute atomic E-state index is 12.0. The molecule has 0 aliphatic heterocycles. The van der Waals surface area contributed by atoms with Crippen LogP contribution in [0.2, 0.25) is 5.02 Å². The van der Waals surface area contributed by atoms with Crippen molar-refractivity contribution in [3.63, 3.8) is 0 Å². The van der Waals surface area contributed by atoms with E-state index < -0.39 is 11.9 Å². The molecule has 0 aliphatic carbocycles. The molecule has 20 heavy (non-hydrogen) atoms. The number of benzene rings is 1. The fraction of sp³-hybridized carbons (Fsp3) is 0.0714. The number of aromatic carboxylic acids is 1. The number of carboxylic acid groups (broad SMARTS) is 1. The van der Waals surface area contributed by atoms with Gasteiger partial charge in [-0.3, -0.25) is 9.78 Å². The number of carbonyl (C=O) groups is 2. The highest BCUT2D eigenvalue weighted by atomic mass is 35.5. The van der Waals surface area contributed by atoms with Gasteiger partial charge in [-0.25, -0.2) is 4.79 Å². The van der Waals surface area contributed by atoms with Crippen LogP contribution in [0.3, 0.4) is 0 Å². The summed E-state index contributed by atoms with van der Waals surface area (Å²) in [6.07, 6.45) is 1.43. The predicted octanol–water partition coefficient (Wildman–Crippen LogP) is 2.99. The van der Waals surface area contributed by atoms with E-state index >= 15 is 0 Å². The smallest absolute Gasteiger partial charge is 0.335 e. The molecular weight excluding hydrogens is 280 g/mol. The lowest BCUT2D eigenvalue weighted by molar-refractivity contribution is 0.0696. The van der Waals surface area contributed by atoms with Crippen LogP contribution in [0.15, 0.2) is 36.5 Å². The van der Waals surface area contributed by atoms with Crippen LogP contribution in [0.4, 0.5) is 5.69 Å². The van der Waals surface area contributed by atoms with Crippen molar-refractivity contribution in [2.45, 2.75) is 6.92 Å². The van der Waals surface area contributed by atoms with Crippen LogP contribution in [-0.4, -0.2) is 22.0 Å². The van der Waals surface area contributed by atoms with Gasteiger partial charge in [-0.05, 0) is 36.8 Å². The number of hydrogen-bond acceptors (Lipinski definition) is 3. The molecule has 0 spiro atoms. The Labute approximate surface area is 120 Å². The zero-order valence-electron chi connectivity index (χ0n) is 10.6. The Kier molecular flexibility index (Phi) is 4.00. The minimum absolute atomic E-state index is 0.102. The topological polar surface area (TPSA) is 79.3 Å². The van der Waals surface area contributed by atoms with Crippen LogP contribution in [0.5, 0.6) is 0 Å². The first-order valence-electron chi connectivity index (χ1n) is 5.74. The zero-order chi connectivity index (χ0) is 14.7. The average molecular weight is 291 g/mol. The van der Waals surface area contributed by atoms with Crippen molar-refractivity contribution in [3.8, 4) is 0 Å². The molecule has 0 bridgehead atoms. The van der Waals surface area contributed by atoms with Crippen molar-refractivity contribution in [2.24, 2.45) is 0 Å². The second-order valence-electron chi connectivity index (χ2n) is 4.15. The highest BCUT2D eigenvalue weighted by Gasteiger charge is 2.11. The Morgan fingerprint density at radius 3 is 2.65 bits per heavy atom. The Bertz CT molecular complexity index is 686. The lowest BCUT2D eigenvalue weighted by Crippen LogP contribution is -2.14. The van der Waals surface area contributed by atoms with Crippen LogP contribution in [0.1, 0.15) is 26.4 Å². The predicted molar refractivity (Wildman–Crippen MR) is 75.3 cm³/mol. The minimum atomic E-state index is -1.05. The molecule has 2 rings (SSSR count). The molecule has 2 aromatic rings. The van der Waals surface area contributed by atoms with Crippen molar-refractivity contribution < 1.29 is 14.7 Å². The van der Waals surface area contributed by atoms with E-state index in [4.69, 9.17) is 16.7 Å². The summed E-state index contributed by atoms with van der Waals surface area (Å²) in [5.74, 6) is -1.50. The molecule has 1 aromatic carbocycles. The van der Waals surface area contributed by atoms with Crippen LogP contribution >= 0.6 is 11.6 Å². The molecule has 0 aliphatic rings. The second-order valence-corrected chi connectivity index (χ2v) is 4.58. The van der Waals surface area contributed by atoms with Crippen LogP contribution < -0.4 is 5.32 Å². The quantitative estimate of drug-likeness (QED) is 0.911. The van der Waals surface area contributed by atoms with Gasteiger partial charge in [0.2, 0.25) is 0 Å². The Morgan fingerprint density at radius 1 is 1.25 bits per heavy atom. The van der Waals surface area contributed by atoms with Gasteiger partial charge in [0.1, 0.15) is 5.69 Å². The fourth-order valence-corrected chi connectivity index (χ4v) is 1.76. The number of anilines is 1. The Balaban J connectivity index is 2.27. The van der Waals surface area contributed by atoms with Gasteiger partial charge < -0.3 is 10.4 Å². The normalized spacial score (nSPS) is 10.1. The summed E-state index contributed by atoms with van der Waals surface area (Å²) in [5, 5.41) is 12.0. The lowest BCUT2D eigenvalue weighted by Gasteiger charge is -2.09. The van der Waals surface area contributed by atoms with Gasteiger partial charge in [0, 0.05) is 16.9 Å². The molecule has 0 fully saturated rings. The number of aromatic nitrogens is 1. The standard InChI is InChI=1S/C14H11ClN2O3/c1-8-2-3-9(14(19)20)6-11(8)17-13(18)12-7-10(15)4-5-16-12/h2-7H,1H3,(H,17,18)(H,19,20). The minimum Gasteiger partial charge on any atom is -0.478 e. The first-order valence-corrected chi connectivity index (χ1v) is 6.12. The number of aryl methyl sites for hydroxylation is 1. The number of halogens is 1. The zero-order valence-corrected chi connectivity index (χ0v) is 11.3. The van der Waals surface area contributed by atoms with E-state index in [0.717, 1.165) is 5.56 Å². The third-order valence-corrected chi connectivity index (χ3v) is 2.92. The van der Waals surface area contributed by atoms with Crippen molar-refractivity contribution in [1.29, 1.82) is 0 Å². The molecule has 1 aromatic heterocycles. The largest absolute Gasteiger partial charge is 0.478 e. The van der Waals surface area contributed by atoms with Gasteiger partial charge in [0.05, 0.1) is 5.56 Å². The fourth-order valence-electron chi connectivity index (χ4n) is 1.60. The molecular formula is C14H11ClN2O3. The third kappa shape index (κ3) is 3.13. The van der Waals surface area contributed by atoms with E-state index in [1.807, 2.05) is 0 Å².